The fourth-order valence-electron chi connectivity index (χ4n) is 2.24. The van der Waals surface area contributed by atoms with Crippen molar-refractivity contribution >= 4 is 5.78 Å². The van der Waals surface area contributed by atoms with Crippen LogP contribution in [0, 0.1) is 0 Å². The third kappa shape index (κ3) is 5.76. The largest absolute Gasteiger partial charge is 0.490 e. The van der Waals surface area contributed by atoms with Crippen molar-refractivity contribution < 1.29 is 14.3 Å². The number of carbonyl (C=O) groups excluding carboxylic acids is 1. The molecule has 0 aromatic heterocycles. The summed E-state index contributed by atoms with van der Waals surface area (Å²) in [5, 5.41) is 0. The molecule has 3 heteroatoms. The minimum atomic E-state index is 0.175. The van der Waals surface area contributed by atoms with Crippen LogP contribution in [0.1, 0.15) is 11.1 Å². The van der Waals surface area contributed by atoms with E-state index in [-0.39, 0.29) is 5.78 Å². The maximum Gasteiger partial charge on any atom is 0.141 e. The van der Waals surface area contributed by atoms with E-state index in [1.54, 1.807) is 12.2 Å². The number of carbonyl (C=O) groups is 1. The van der Waals surface area contributed by atoms with Gasteiger partial charge >= 0.3 is 0 Å². The Morgan fingerprint density at radius 3 is 1.46 bits per heavy atom. The predicted molar refractivity (Wildman–Crippen MR) is 96.7 cm³/mol. The molecule has 2 aromatic carbocycles. The van der Waals surface area contributed by atoms with Gasteiger partial charge in [-0.3, -0.25) is 4.79 Å². The maximum absolute atomic E-state index is 12.2. The van der Waals surface area contributed by atoms with E-state index in [4.69, 9.17) is 9.47 Å². The minimum absolute atomic E-state index is 0.175. The van der Waals surface area contributed by atoms with Crippen molar-refractivity contribution in [2.45, 2.75) is 12.8 Å². The Bertz CT molecular complexity index is 610. The second-order valence-corrected chi connectivity index (χ2v) is 5.38. The summed E-state index contributed by atoms with van der Waals surface area (Å²) in [4.78, 5) is 12.2. The molecule has 0 fully saturated rings. The van der Waals surface area contributed by atoms with Crippen molar-refractivity contribution in [3.05, 3.63) is 85.0 Å². The van der Waals surface area contributed by atoms with Crippen LogP contribution in [0.4, 0.5) is 0 Å². The molecule has 0 saturated carbocycles. The number of rotatable bonds is 10. The van der Waals surface area contributed by atoms with Gasteiger partial charge in [0.25, 0.3) is 0 Å². The molecule has 0 radical (unpaired) electrons. The SMILES string of the molecule is C=CCOc1ccc(CC(=O)Cc2ccc(OCC=C)cc2)cc1. The van der Waals surface area contributed by atoms with Crippen LogP contribution in [-0.4, -0.2) is 19.0 Å². The molecule has 0 aliphatic heterocycles. The summed E-state index contributed by atoms with van der Waals surface area (Å²) < 4.78 is 10.9. The van der Waals surface area contributed by atoms with Crippen molar-refractivity contribution in [1.29, 1.82) is 0 Å². The number of ketones is 1. The summed E-state index contributed by atoms with van der Waals surface area (Å²) in [6.07, 6.45) is 4.23. The van der Waals surface area contributed by atoms with Crippen molar-refractivity contribution in [2.24, 2.45) is 0 Å². The van der Waals surface area contributed by atoms with E-state index in [1.165, 1.54) is 0 Å². The zero-order chi connectivity index (χ0) is 17.2. The number of benzene rings is 2. The first-order valence-corrected chi connectivity index (χ1v) is 7.88. The van der Waals surface area contributed by atoms with Gasteiger partial charge in [-0.1, -0.05) is 49.6 Å². The standard InChI is InChI=1S/C21H22O3/c1-3-13-23-20-9-5-17(6-10-20)15-19(22)16-18-7-11-21(12-8-18)24-14-4-2/h3-12H,1-2,13-16H2. The summed E-state index contributed by atoms with van der Waals surface area (Å²) in [7, 11) is 0. The van der Waals surface area contributed by atoms with Gasteiger partial charge in [-0.15, -0.1) is 0 Å². The lowest BCUT2D eigenvalue weighted by Crippen LogP contribution is -2.06. The highest BCUT2D eigenvalue weighted by molar-refractivity contribution is 5.83. The van der Waals surface area contributed by atoms with Gasteiger partial charge in [0.15, 0.2) is 0 Å². The zero-order valence-corrected chi connectivity index (χ0v) is 13.7. The molecule has 2 rings (SSSR count). The summed E-state index contributed by atoms with van der Waals surface area (Å²) in [6, 6.07) is 15.2. The average Bonchev–Trinajstić information content (AvgIpc) is 2.60. The van der Waals surface area contributed by atoms with Crippen LogP contribution < -0.4 is 9.47 Å². The second-order valence-electron chi connectivity index (χ2n) is 5.38. The van der Waals surface area contributed by atoms with Gasteiger partial charge < -0.3 is 9.47 Å². The van der Waals surface area contributed by atoms with Crippen molar-refractivity contribution in [3.8, 4) is 11.5 Å². The first kappa shape index (κ1) is 17.5. The monoisotopic (exact) mass is 322 g/mol. The third-order valence-electron chi connectivity index (χ3n) is 3.38. The molecule has 24 heavy (non-hydrogen) atoms. The van der Waals surface area contributed by atoms with Gasteiger partial charge in [0.05, 0.1) is 0 Å². The molecule has 0 unspecified atom stereocenters. The Kier molecular flexibility index (Phi) is 6.84. The highest BCUT2D eigenvalue weighted by atomic mass is 16.5. The molecule has 0 aliphatic carbocycles. The normalized spacial score (nSPS) is 10.0. The highest BCUT2D eigenvalue weighted by Gasteiger charge is 2.06. The highest BCUT2D eigenvalue weighted by Crippen LogP contribution is 2.15. The second kappa shape index (κ2) is 9.36. The van der Waals surface area contributed by atoms with Crippen LogP contribution in [0.25, 0.3) is 0 Å². The van der Waals surface area contributed by atoms with Gasteiger partial charge in [-0.05, 0) is 35.4 Å². The van der Waals surface area contributed by atoms with Crippen LogP contribution >= 0.6 is 0 Å². The lowest BCUT2D eigenvalue weighted by molar-refractivity contribution is -0.117. The number of hydrogen-bond donors (Lipinski definition) is 0. The zero-order valence-electron chi connectivity index (χ0n) is 13.7. The van der Waals surface area contributed by atoms with Crippen LogP contribution in [0.5, 0.6) is 11.5 Å². The molecule has 0 saturated heterocycles. The molecule has 124 valence electrons. The molecule has 0 aliphatic rings. The van der Waals surface area contributed by atoms with E-state index in [1.807, 2.05) is 48.5 Å². The number of hydrogen-bond acceptors (Lipinski definition) is 3. The number of Topliss-reactive ketones (excluding diaryl/α,β-unsaturated/α-hetero) is 1. The predicted octanol–water partition coefficient (Wildman–Crippen LogP) is 4.17. The molecule has 0 heterocycles. The van der Waals surface area contributed by atoms with Crippen LogP contribution in [0.15, 0.2) is 73.8 Å². The van der Waals surface area contributed by atoms with Gasteiger partial charge in [-0.2, -0.15) is 0 Å². The van der Waals surface area contributed by atoms with Crippen LogP contribution in [0.2, 0.25) is 0 Å². The molecule has 2 aromatic rings. The molecule has 0 spiro atoms. The Hall–Kier alpha value is -2.81. The Morgan fingerprint density at radius 2 is 1.12 bits per heavy atom. The van der Waals surface area contributed by atoms with Crippen LogP contribution in [0.3, 0.4) is 0 Å². The van der Waals surface area contributed by atoms with E-state index in [0.29, 0.717) is 26.1 Å². The van der Waals surface area contributed by atoms with Crippen molar-refractivity contribution in [2.75, 3.05) is 13.2 Å². The Balaban J connectivity index is 1.86. The van der Waals surface area contributed by atoms with Gasteiger partial charge in [0.2, 0.25) is 0 Å². The van der Waals surface area contributed by atoms with E-state index in [0.717, 1.165) is 22.6 Å². The molecular weight excluding hydrogens is 300 g/mol. The lowest BCUT2D eigenvalue weighted by atomic mass is 10.0. The first-order chi connectivity index (χ1) is 11.7. The van der Waals surface area contributed by atoms with Crippen LogP contribution in [-0.2, 0) is 17.6 Å². The molecule has 0 amide bonds. The smallest absolute Gasteiger partial charge is 0.141 e. The van der Waals surface area contributed by atoms with Gasteiger partial charge in [0.1, 0.15) is 30.5 Å². The van der Waals surface area contributed by atoms with E-state index < -0.39 is 0 Å². The fourth-order valence-corrected chi connectivity index (χ4v) is 2.24. The third-order valence-corrected chi connectivity index (χ3v) is 3.38. The molecular formula is C21H22O3. The average molecular weight is 322 g/mol. The summed E-state index contributed by atoms with van der Waals surface area (Å²) in [6.45, 7) is 8.18. The summed E-state index contributed by atoms with van der Waals surface area (Å²) in [5.74, 6) is 1.73. The Morgan fingerprint density at radius 1 is 0.750 bits per heavy atom. The molecule has 0 bridgehead atoms. The lowest BCUT2D eigenvalue weighted by Gasteiger charge is -2.06. The van der Waals surface area contributed by atoms with Gasteiger partial charge in [-0.25, -0.2) is 0 Å². The summed E-state index contributed by atoms with van der Waals surface area (Å²) >= 11 is 0. The summed E-state index contributed by atoms with van der Waals surface area (Å²) in [5.41, 5.74) is 1.97. The topological polar surface area (TPSA) is 35.5 Å². The van der Waals surface area contributed by atoms with Gasteiger partial charge in [0, 0.05) is 12.8 Å². The first-order valence-electron chi connectivity index (χ1n) is 7.88. The van der Waals surface area contributed by atoms with E-state index >= 15 is 0 Å². The molecule has 0 atom stereocenters. The van der Waals surface area contributed by atoms with Crippen molar-refractivity contribution in [3.63, 3.8) is 0 Å². The Labute approximate surface area is 143 Å². The fraction of sp³-hybridized carbons (Fsp3) is 0.190. The van der Waals surface area contributed by atoms with E-state index in [2.05, 4.69) is 13.2 Å². The number of ether oxygens (including phenoxy) is 2. The maximum atomic E-state index is 12.2. The molecule has 0 N–H and O–H groups in total. The molecule has 3 nitrogen and oxygen atoms in total. The van der Waals surface area contributed by atoms with E-state index in [9.17, 15) is 4.79 Å². The quantitative estimate of drug-likeness (QED) is 0.616. The minimum Gasteiger partial charge on any atom is -0.490 e. The van der Waals surface area contributed by atoms with Crippen molar-refractivity contribution in [1.82, 2.24) is 0 Å².